The van der Waals surface area contributed by atoms with Gasteiger partial charge in [-0.1, -0.05) is 0 Å². The van der Waals surface area contributed by atoms with E-state index in [0.29, 0.717) is 11.8 Å². The molecule has 1 amide bonds. The van der Waals surface area contributed by atoms with Crippen molar-refractivity contribution < 1.29 is 4.79 Å². The number of amides is 1. The van der Waals surface area contributed by atoms with Gasteiger partial charge in [0, 0.05) is 13.1 Å². The topological polar surface area (TPSA) is 32.3 Å². The van der Waals surface area contributed by atoms with Gasteiger partial charge in [0.25, 0.3) is 0 Å². The van der Waals surface area contributed by atoms with Crippen LogP contribution in [0.2, 0.25) is 0 Å². The van der Waals surface area contributed by atoms with Gasteiger partial charge in [-0.05, 0) is 57.4 Å². The number of hydrogen-bond acceptors (Lipinski definition) is 3. The Morgan fingerprint density at radius 3 is 2.71 bits per heavy atom. The minimum absolute atomic E-state index is 0.261. The third-order valence-electron chi connectivity index (χ3n) is 3.84. The second kappa shape index (κ2) is 6.64. The van der Waals surface area contributed by atoms with Crippen molar-refractivity contribution >= 4 is 17.7 Å². The summed E-state index contributed by atoms with van der Waals surface area (Å²) < 4.78 is 0. The lowest BCUT2D eigenvalue weighted by Gasteiger charge is -2.30. The number of thioether (sulfide) groups is 1. The highest BCUT2D eigenvalue weighted by molar-refractivity contribution is 8.00. The third-order valence-corrected chi connectivity index (χ3v) is 5.20. The molecular formula is C13H24N2OS. The highest BCUT2D eigenvalue weighted by Crippen LogP contribution is 2.28. The van der Waals surface area contributed by atoms with Crippen LogP contribution >= 0.6 is 11.8 Å². The summed E-state index contributed by atoms with van der Waals surface area (Å²) in [4.78, 5) is 14.4. The van der Waals surface area contributed by atoms with Gasteiger partial charge in [-0.3, -0.25) is 4.79 Å². The number of nitrogens with one attached hydrogen (secondary N) is 1. The summed E-state index contributed by atoms with van der Waals surface area (Å²) in [5.74, 6) is 2.28. The molecule has 2 rings (SSSR count). The van der Waals surface area contributed by atoms with Gasteiger partial charge in [0.05, 0.1) is 5.25 Å². The van der Waals surface area contributed by atoms with Gasteiger partial charge in [0.2, 0.25) is 5.91 Å². The van der Waals surface area contributed by atoms with Gasteiger partial charge >= 0.3 is 0 Å². The zero-order chi connectivity index (χ0) is 12.1. The van der Waals surface area contributed by atoms with Crippen molar-refractivity contribution in [2.24, 2.45) is 5.92 Å². The lowest BCUT2D eigenvalue weighted by molar-refractivity contribution is -0.131. The van der Waals surface area contributed by atoms with Crippen LogP contribution < -0.4 is 5.32 Å². The van der Waals surface area contributed by atoms with Crippen LogP contribution in [0.15, 0.2) is 0 Å². The molecule has 1 atom stereocenters. The normalized spacial score (nSPS) is 26.1. The van der Waals surface area contributed by atoms with Crippen LogP contribution in [0.5, 0.6) is 0 Å². The van der Waals surface area contributed by atoms with E-state index in [0.717, 1.165) is 32.6 Å². The van der Waals surface area contributed by atoms with E-state index in [1.54, 1.807) is 0 Å². The van der Waals surface area contributed by atoms with Crippen LogP contribution in [0.25, 0.3) is 0 Å². The molecule has 17 heavy (non-hydrogen) atoms. The summed E-state index contributed by atoms with van der Waals surface area (Å²) in [6, 6.07) is 0. The zero-order valence-corrected chi connectivity index (χ0v) is 11.6. The number of rotatable bonds is 4. The number of nitrogens with zero attached hydrogens (tertiary/aromatic N) is 1. The maximum atomic E-state index is 12.3. The molecule has 2 heterocycles. The molecule has 0 aromatic carbocycles. The van der Waals surface area contributed by atoms with E-state index in [2.05, 4.69) is 17.1 Å². The average molecular weight is 256 g/mol. The minimum atomic E-state index is 0.261. The number of piperidine rings is 1. The molecule has 0 radical (unpaired) electrons. The Bertz CT molecular complexity index is 248. The summed E-state index contributed by atoms with van der Waals surface area (Å²) in [7, 11) is 0. The standard InChI is InChI=1S/C13H24N2OS/c1-2-15(10-11-5-7-14-8-6-11)13(16)12-4-3-9-17-12/h11-12,14H,2-10H2,1H3. The van der Waals surface area contributed by atoms with Gasteiger partial charge in [0.15, 0.2) is 0 Å². The molecule has 1 N–H and O–H groups in total. The Morgan fingerprint density at radius 1 is 1.35 bits per heavy atom. The first kappa shape index (κ1) is 13.2. The van der Waals surface area contributed by atoms with Crippen molar-refractivity contribution in [1.29, 1.82) is 0 Å². The Kier molecular flexibility index (Phi) is 5.16. The molecule has 2 fully saturated rings. The summed E-state index contributed by atoms with van der Waals surface area (Å²) >= 11 is 1.85. The predicted molar refractivity (Wildman–Crippen MR) is 73.3 cm³/mol. The molecule has 1 unspecified atom stereocenters. The first-order valence-electron chi connectivity index (χ1n) is 6.92. The summed E-state index contributed by atoms with van der Waals surface area (Å²) in [5, 5.41) is 3.64. The van der Waals surface area contributed by atoms with Gasteiger partial charge in [-0.25, -0.2) is 0 Å². The van der Waals surface area contributed by atoms with E-state index in [1.165, 1.54) is 25.0 Å². The molecule has 0 saturated carbocycles. The first-order chi connectivity index (χ1) is 8.31. The highest BCUT2D eigenvalue weighted by atomic mass is 32.2. The molecule has 98 valence electrons. The number of hydrogen-bond donors (Lipinski definition) is 1. The Balaban J connectivity index is 1.83. The molecule has 2 saturated heterocycles. The van der Waals surface area contributed by atoms with Crippen molar-refractivity contribution in [3.8, 4) is 0 Å². The molecular weight excluding hydrogens is 232 g/mol. The highest BCUT2D eigenvalue weighted by Gasteiger charge is 2.28. The van der Waals surface area contributed by atoms with Crippen molar-refractivity contribution in [1.82, 2.24) is 10.2 Å². The van der Waals surface area contributed by atoms with E-state index in [9.17, 15) is 4.79 Å². The lowest BCUT2D eigenvalue weighted by atomic mass is 9.97. The van der Waals surface area contributed by atoms with Crippen LogP contribution in [0, 0.1) is 5.92 Å². The molecule has 0 aromatic heterocycles. The van der Waals surface area contributed by atoms with Crippen molar-refractivity contribution in [2.45, 2.75) is 37.9 Å². The van der Waals surface area contributed by atoms with E-state index in [-0.39, 0.29) is 5.25 Å². The molecule has 0 bridgehead atoms. The van der Waals surface area contributed by atoms with E-state index in [1.807, 2.05) is 11.8 Å². The minimum Gasteiger partial charge on any atom is -0.342 e. The number of carbonyl (C=O) groups excluding carboxylic acids is 1. The van der Waals surface area contributed by atoms with Crippen molar-refractivity contribution in [2.75, 3.05) is 31.9 Å². The monoisotopic (exact) mass is 256 g/mol. The Morgan fingerprint density at radius 2 is 2.12 bits per heavy atom. The van der Waals surface area contributed by atoms with Crippen LogP contribution in [0.4, 0.5) is 0 Å². The molecule has 2 aliphatic rings. The third kappa shape index (κ3) is 3.62. The van der Waals surface area contributed by atoms with Gasteiger partial charge in [-0.15, -0.1) is 11.8 Å². The molecule has 3 nitrogen and oxygen atoms in total. The van der Waals surface area contributed by atoms with Crippen LogP contribution in [0.3, 0.4) is 0 Å². The van der Waals surface area contributed by atoms with Crippen molar-refractivity contribution in [3.63, 3.8) is 0 Å². The maximum Gasteiger partial charge on any atom is 0.235 e. The van der Waals surface area contributed by atoms with E-state index >= 15 is 0 Å². The van der Waals surface area contributed by atoms with Crippen LogP contribution in [-0.4, -0.2) is 48.0 Å². The first-order valence-corrected chi connectivity index (χ1v) is 7.97. The summed E-state index contributed by atoms with van der Waals surface area (Å²) in [6.45, 7) is 6.20. The average Bonchev–Trinajstić information content (AvgIpc) is 2.90. The summed E-state index contributed by atoms with van der Waals surface area (Å²) in [6.07, 6.45) is 4.75. The van der Waals surface area contributed by atoms with Crippen LogP contribution in [-0.2, 0) is 4.79 Å². The number of carbonyl (C=O) groups is 1. The van der Waals surface area contributed by atoms with E-state index < -0.39 is 0 Å². The second-order valence-electron chi connectivity index (χ2n) is 5.07. The fraction of sp³-hybridized carbons (Fsp3) is 0.923. The van der Waals surface area contributed by atoms with Gasteiger partial charge in [0.1, 0.15) is 0 Å². The smallest absolute Gasteiger partial charge is 0.235 e. The SMILES string of the molecule is CCN(CC1CCNCC1)C(=O)C1CCCS1. The van der Waals surface area contributed by atoms with Gasteiger partial charge in [-0.2, -0.15) is 0 Å². The lowest BCUT2D eigenvalue weighted by Crippen LogP contribution is -2.42. The zero-order valence-electron chi connectivity index (χ0n) is 10.8. The van der Waals surface area contributed by atoms with Gasteiger partial charge < -0.3 is 10.2 Å². The molecule has 0 aliphatic carbocycles. The summed E-state index contributed by atoms with van der Waals surface area (Å²) in [5.41, 5.74) is 0. The van der Waals surface area contributed by atoms with E-state index in [4.69, 9.17) is 0 Å². The molecule has 0 spiro atoms. The second-order valence-corrected chi connectivity index (χ2v) is 6.38. The largest absolute Gasteiger partial charge is 0.342 e. The fourth-order valence-corrected chi connectivity index (χ4v) is 3.97. The molecule has 4 heteroatoms. The van der Waals surface area contributed by atoms with Crippen molar-refractivity contribution in [3.05, 3.63) is 0 Å². The van der Waals surface area contributed by atoms with Crippen LogP contribution in [0.1, 0.15) is 32.6 Å². The Labute approximate surface area is 109 Å². The fourth-order valence-electron chi connectivity index (χ4n) is 2.73. The Hall–Kier alpha value is -0.220. The predicted octanol–water partition coefficient (Wildman–Crippen LogP) is 1.73. The maximum absolute atomic E-state index is 12.3. The molecule has 0 aromatic rings. The molecule has 2 aliphatic heterocycles. The quantitative estimate of drug-likeness (QED) is 0.831.